The maximum Gasteiger partial charge on any atom is 0.251 e. The largest absolute Gasteiger partial charge is 0.365 e. The average molecular weight is 480 g/mol. The quantitative estimate of drug-likeness (QED) is 0.686. The predicted molar refractivity (Wildman–Crippen MR) is 121 cm³/mol. The third-order valence-electron chi connectivity index (χ3n) is 6.20. The second kappa shape index (κ2) is 8.92. The zero-order valence-electron chi connectivity index (χ0n) is 17.8. The van der Waals surface area contributed by atoms with Gasteiger partial charge in [0.25, 0.3) is 5.91 Å². The Morgan fingerprint density at radius 1 is 1.22 bits per heavy atom. The van der Waals surface area contributed by atoms with Crippen LogP contribution in [0.1, 0.15) is 47.0 Å². The molecule has 2 aromatic rings. The molecule has 4 rings (SSSR count). The van der Waals surface area contributed by atoms with Gasteiger partial charge in [0.1, 0.15) is 10.8 Å². The third-order valence-corrected chi connectivity index (χ3v) is 9.25. The summed E-state index contributed by atoms with van der Waals surface area (Å²) in [6, 6.07) is 4.66. The summed E-state index contributed by atoms with van der Waals surface area (Å²) in [7, 11) is -3.83. The van der Waals surface area contributed by atoms with Crippen LogP contribution in [0.2, 0.25) is 0 Å². The van der Waals surface area contributed by atoms with E-state index in [-0.39, 0.29) is 17.3 Å². The highest BCUT2D eigenvalue weighted by atomic mass is 32.2. The summed E-state index contributed by atoms with van der Waals surface area (Å²) in [4.78, 5) is 26.2. The minimum atomic E-state index is -3.83. The summed E-state index contributed by atoms with van der Waals surface area (Å²) in [5.74, 6) is -1.44. The van der Waals surface area contributed by atoms with Crippen LogP contribution in [0.25, 0.3) is 0 Å². The topological polar surface area (TPSA) is 110 Å². The van der Waals surface area contributed by atoms with Crippen LogP contribution >= 0.6 is 11.3 Å². The van der Waals surface area contributed by atoms with Crippen molar-refractivity contribution in [2.75, 3.05) is 18.4 Å². The van der Waals surface area contributed by atoms with Crippen molar-refractivity contribution < 1.29 is 22.4 Å². The van der Waals surface area contributed by atoms with E-state index in [1.54, 1.807) is 0 Å². The van der Waals surface area contributed by atoms with Crippen LogP contribution in [0.4, 0.5) is 9.39 Å². The Balaban J connectivity index is 1.52. The number of nitrogens with two attached hydrogens (primary N) is 1. The Hall–Kier alpha value is -2.30. The molecule has 2 aliphatic rings. The van der Waals surface area contributed by atoms with Crippen LogP contribution in [-0.4, -0.2) is 37.6 Å². The highest BCUT2D eigenvalue weighted by molar-refractivity contribution is 7.89. The van der Waals surface area contributed by atoms with Gasteiger partial charge in [-0.05, 0) is 67.9 Å². The number of hydrogen-bond acceptors (Lipinski definition) is 5. The Bertz CT molecular complexity index is 1140. The molecule has 1 aromatic heterocycles. The van der Waals surface area contributed by atoms with Gasteiger partial charge in [0.2, 0.25) is 15.9 Å². The first kappa shape index (κ1) is 22.9. The molecule has 172 valence electrons. The Morgan fingerprint density at radius 2 is 1.94 bits per heavy atom. The molecule has 1 aromatic carbocycles. The normalized spacial score (nSPS) is 21.7. The van der Waals surface area contributed by atoms with Gasteiger partial charge >= 0.3 is 0 Å². The second-order valence-electron chi connectivity index (χ2n) is 8.57. The fraction of sp³-hybridized carbons (Fsp3) is 0.455. The number of piperidine rings is 1. The van der Waals surface area contributed by atoms with E-state index in [1.807, 2.05) is 0 Å². The molecule has 0 spiro atoms. The first-order chi connectivity index (χ1) is 15.2. The van der Waals surface area contributed by atoms with Crippen molar-refractivity contribution in [3.8, 4) is 0 Å². The Kier molecular flexibility index (Phi) is 6.37. The molecule has 1 aliphatic heterocycles. The Morgan fingerprint density at radius 3 is 2.62 bits per heavy atom. The lowest BCUT2D eigenvalue weighted by Crippen LogP contribution is -2.43. The number of nitrogens with zero attached hydrogens (tertiary/aromatic N) is 1. The molecule has 2 unspecified atom stereocenters. The Labute approximate surface area is 190 Å². The number of rotatable bonds is 5. The van der Waals surface area contributed by atoms with E-state index in [9.17, 15) is 22.4 Å². The van der Waals surface area contributed by atoms with E-state index in [0.29, 0.717) is 35.9 Å². The van der Waals surface area contributed by atoms with Gasteiger partial charge in [-0.15, -0.1) is 11.3 Å². The zero-order chi connectivity index (χ0) is 23.0. The molecule has 7 nitrogen and oxygen atoms in total. The highest BCUT2D eigenvalue weighted by Gasteiger charge is 2.34. The van der Waals surface area contributed by atoms with Crippen LogP contribution in [0.5, 0.6) is 0 Å². The van der Waals surface area contributed by atoms with Crippen molar-refractivity contribution in [3.05, 3.63) is 46.1 Å². The number of amides is 2. The SMILES string of the molecule is CC1CCc2c(sc(NC(=O)C3CCCN(S(=O)(=O)c4ccc(F)cc4)C3)c2C(N)=O)C1. The van der Waals surface area contributed by atoms with Crippen LogP contribution in [-0.2, 0) is 27.7 Å². The summed E-state index contributed by atoms with van der Waals surface area (Å²) >= 11 is 1.39. The van der Waals surface area contributed by atoms with Gasteiger partial charge in [0.05, 0.1) is 16.4 Å². The van der Waals surface area contributed by atoms with E-state index < -0.39 is 27.7 Å². The van der Waals surface area contributed by atoms with Gasteiger partial charge in [-0.3, -0.25) is 9.59 Å². The number of thiophene rings is 1. The maximum atomic E-state index is 13.2. The lowest BCUT2D eigenvalue weighted by molar-refractivity contribution is -0.120. The number of carbonyl (C=O) groups excluding carboxylic acids is 2. The molecule has 2 atom stereocenters. The molecule has 0 radical (unpaired) electrons. The fourth-order valence-corrected chi connectivity index (χ4v) is 7.39. The molecule has 3 N–H and O–H groups in total. The van der Waals surface area contributed by atoms with Gasteiger partial charge < -0.3 is 11.1 Å². The number of sulfonamides is 1. The van der Waals surface area contributed by atoms with E-state index in [1.165, 1.54) is 27.8 Å². The number of halogens is 1. The standard InChI is InChI=1S/C22H26FN3O4S2/c1-13-4-9-17-18(11-13)31-22(19(17)20(24)27)25-21(28)14-3-2-10-26(12-14)32(29,30)16-7-5-15(23)6-8-16/h5-8,13-14H,2-4,9-12H2,1H3,(H2,24,27)(H,25,28). The van der Waals surface area contributed by atoms with Gasteiger partial charge in [-0.25, -0.2) is 12.8 Å². The summed E-state index contributed by atoms with van der Waals surface area (Å²) in [5, 5.41) is 3.32. The van der Waals surface area contributed by atoms with Crippen LogP contribution in [0.15, 0.2) is 29.2 Å². The van der Waals surface area contributed by atoms with E-state index >= 15 is 0 Å². The van der Waals surface area contributed by atoms with E-state index in [0.717, 1.165) is 41.8 Å². The monoisotopic (exact) mass is 479 g/mol. The minimum Gasteiger partial charge on any atom is -0.365 e. The molecule has 1 saturated heterocycles. The van der Waals surface area contributed by atoms with Crippen LogP contribution in [0, 0.1) is 17.7 Å². The summed E-state index contributed by atoms with van der Waals surface area (Å²) in [6.07, 6.45) is 3.64. The van der Waals surface area contributed by atoms with E-state index in [2.05, 4.69) is 12.2 Å². The summed E-state index contributed by atoms with van der Waals surface area (Å²) in [6.45, 7) is 2.48. The smallest absolute Gasteiger partial charge is 0.251 e. The lowest BCUT2D eigenvalue weighted by atomic mass is 9.88. The molecule has 10 heteroatoms. The van der Waals surface area contributed by atoms with Crippen molar-refractivity contribution in [1.29, 1.82) is 0 Å². The van der Waals surface area contributed by atoms with Crippen molar-refractivity contribution in [2.45, 2.75) is 43.9 Å². The average Bonchev–Trinajstić information content (AvgIpc) is 3.11. The highest BCUT2D eigenvalue weighted by Crippen LogP contribution is 2.40. The van der Waals surface area contributed by atoms with Crippen molar-refractivity contribution >= 4 is 38.2 Å². The summed E-state index contributed by atoms with van der Waals surface area (Å²) < 4.78 is 40.4. The minimum absolute atomic E-state index is 0.00368. The van der Waals surface area contributed by atoms with Gasteiger partial charge in [-0.1, -0.05) is 6.92 Å². The van der Waals surface area contributed by atoms with Crippen LogP contribution < -0.4 is 11.1 Å². The number of benzene rings is 1. The molecule has 2 heterocycles. The molecule has 2 amide bonds. The lowest BCUT2D eigenvalue weighted by Gasteiger charge is -2.31. The third kappa shape index (κ3) is 4.44. The van der Waals surface area contributed by atoms with Gasteiger partial charge in [-0.2, -0.15) is 4.31 Å². The predicted octanol–water partition coefficient (Wildman–Crippen LogP) is 3.15. The van der Waals surface area contributed by atoms with Gasteiger partial charge in [0, 0.05) is 18.0 Å². The number of fused-ring (bicyclic) bond motifs is 1. The second-order valence-corrected chi connectivity index (χ2v) is 11.6. The first-order valence-corrected chi connectivity index (χ1v) is 12.9. The molecule has 0 bridgehead atoms. The number of nitrogens with one attached hydrogen (secondary N) is 1. The fourth-order valence-electron chi connectivity index (χ4n) is 4.44. The number of primary amides is 1. The first-order valence-electron chi connectivity index (χ1n) is 10.7. The maximum absolute atomic E-state index is 13.2. The van der Waals surface area contributed by atoms with Crippen molar-refractivity contribution in [3.63, 3.8) is 0 Å². The van der Waals surface area contributed by atoms with Crippen LogP contribution in [0.3, 0.4) is 0 Å². The number of carbonyl (C=O) groups is 2. The van der Waals surface area contributed by atoms with Crippen molar-refractivity contribution in [2.24, 2.45) is 17.6 Å². The zero-order valence-corrected chi connectivity index (χ0v) is 19.4. The van der Waals surface area contributed by atoms with Crippen molar-refractivity contribution in [1.82, 2.24) is 4.31 Å². The van der Waals surface area contributed by atoms with E-state index in [4.69, 9.17) is 5.73 Å². The summed E-state index contributed by atoms with van der Waals surface area (Å²) in [5.41, 5.74) is 6.94. The molecule has 32 heavy (non-hydrogen) atoms. The number of anilines is 1. The molecular formula is C22H26FN3O4S2. The number of hydrogen-bond donors (Lipinski definition) is 2. The molecule has 1 fully saturated rings. The van der Waals surface area contributed by atoms with Gasteiger partial charge in [0.15, 0.2) is 0 Å². The molecule has 0 saturated carbocycles. The molecular weight excluding hydrogens is 453 g/mol. The molecule has 1 aliphatic carbocycles.